The lowest BCUT2D eigenvalue weighted by atomic mass is 10.0. The first-order valence-electron chi connectivity index (χ1n) is 10.8. The van der Waals surface area contributed by atoms with Crippen LogP contribution in [0.3, 0.4) is 0 Å². The highest BCUT2D eigenvalue weighted by molar-refractivity contribution is 6.36. The summed E-state index contributed by atoms with van der Waals surface area (Å²) in [6, 6.07) is 14.3. The highest BCUT2D eigenvalue weighted by atomic mass is 16.5. The molecule has 1 heterocycles. The van der Waals surface area contributed by atoms with Crippen molar-refractivity contribution in [1.82, 2.24) is 4.98 Å². The average Bonchev–Trinajstić information content (AvgIpc) is 3.18. The van der Waals surface area contributed by atoms with Gasteiger partial charge in [-0.1, -0.05) is 50.1 Å². The number of carbonyl (C=O) groups is 1. The van der Waals surface area contributed by atoms with Gasteiger partial charge >= 0.3 is 5.97 Å². The molecule has 0 unspecified atom stereocenters. The third-order valence-electron chi connectivity index (χ3n) is 5.36. The Hall–Kier alpha value is -3.34. The summed E-state index contributed by atoms with van der Waals surface area (Å²) >= 11 is 0. The third-order valence-corrected chi connectivity index (χ3v) is 5.36. The number of hydrogen-bond acceptors (Lipinski definition) is 3. The molecule has 3 rings (SSSR count). The Morgan fingerprint density at radius 3 is 2.61 bits per heavy atom. The number of ether oxygens (including phenoxy) is 1. The van der Waals surface area contributed by atoms with Gasteiger partial charge in [0.15, 0.2) is 0 Å². The molecular formula is C26H30N2O3. The fourth-order valence-electron chi connectivity index (χ4n) is 3.55. The van der Waals surface area contributed by atoms with Crippen molar-refractivity contribution in [3.05, 3.63) is 77.6 Å². The number of carboxylic acids is 1. The van der Waals surface area contributed by atoms with E-state index in [2.05, 4.69) is 41.2 Å². The number of benzene rings is 2. The van der Waals surface area contributed by atoms with E-state index in [4.69, 9.17) is 4.74 Å². The van der Waals surface area contributed by atoms with Gasteiger partial charge in [-0.05, 0) is 48.1 Å². The zero-order chi connectivity index (χ0) is 22.1. The fourth-order valence-corrected chi connectivity index (χ4v) is 3.55. The van der Waals surface area contributed by atoms with E-state index in [-0.39, 0.29) is 12.1 Å². The molecule has 0 radical (unpaired) electrons. The Balaban J connectivity index is 1.62. The molecule has 2 aromatic carbocycles. The van der Waals surface area contributed by atoms with E-state index in [0.29, 0.717) is 0 Å². The molecule has 0 aliphatic rings. The summed E-state index contributed by atoms with van der Waals surface area (Å²) in [5.41, 5.74) is 4.47. The van der Waals surface area contributed by atoms with Crippen LogP contribution in [0.25, 0.3) is 10.9 Å². The minimum atomic E-state index is -1.01. The Bertz CT molecular complexity index is 1060. The number of aliphatic imine (C=N–C) groups is 1. The number of nitrogens with zero attached hydrogens (tertiary/aromatic N) is 1. The number of allylic oxidation sites excluding steroid dienone is 1. The lowest BCUT2D eigenvalue weighted by molar-refractivity contribution is -0.129. The smallest absolute Gasteiger partial charge is 0.350 e. The number of hydrogen-bond donors (Lipinski definition) is 2. The molecule has 0 fully saturated rings. The second-order valence-electron chi connectivity index (χ2n) is 7.65. The maximum atomic E-state index is 11.7. The summed E-state index contributed by atoms with van der Waals surface area (Å²) in [6.07, 6.45) is 11.1. The molecule has 3 aromatic rings. The quantitative estimate of drug-likeness (QED) is 0.308. The number of H-pyrrole nitrogens is 1. The van der Waals surface area contributed by atoms with Gasteiger partial charge in [0, 0.05) is 35.8 Å². The van der Waals surface area contributed by atoms with Gasteiger partial charge in [0.1, 0.15) is 11.5 Å². The van der Waals surface area contributed by atoms with Crippen LogP contribution in [0.15, 0.2) is 65.9 Å². The summed E-state index contributed by atoms with van der Waals surface area (Å²) in [5.74, 6) is -0.256. The molecule has 0 aliphatic heterocycles. The van der Waals surface area contributed by atoms with Crippen LogP contribution >= 0.6 is 0 Å². The third kappa shape index (κ3) is 6.32. The van der Waals surface area contributed by atoms with E-state index in [1.165, 1.54) is 30.4 Å². The van der Waals surface area contributed by atoms with Gasteiger partial charge < -0.3 is 14.8 Å². The fraction of sp³-hybridized carbons (Fsp3) is 0.308. The normalized spacial score (nSPS) is 12.0. The number of methoxy groups -OCH3 is 1. The van der Waals surface area contributed by atoms with Crippen LogP contribution in [0.2, 0.25) is 0 Å². The number of unbranched alkanes of at least 4 members (excludes halogenated alkanes) is 2. The van der Waals surface area contributed by atoms with E-state index in [1.54, 1.807) is 13.3 Å². The van der Waals surface area contributed by atoms with Crippen LogP contribution in [0.5, 0.6) is 5.75 Å². The molecule has 2 N–H and O–H groups in total. The number of aliphatic carboxylic acids is 1. The molecule has 0 bridgehead atoms. The van der Waals surface area contributed by atoms with Crippen LogP contribution in [-0.2, 0) is 24.1 Å². The Morgan fingerprint density at radius 2 is 1.90 bits per heavy atom. The van der Waals surface area contributed by atoms with E-state index >= 15 is 0 Å². The summed E-state index contributed by atoms with van der Waals surface area (Å²) in [6.45, 7) is 2.21. The minimum absolute atomic E-state index is 0.110. The highest BCUT2D eigenvalue weighted by Crippen LogP contribution is 2.23. The van der Waals surface area contributed by atoms with Gasteiger partial charge in [0.2, 0.25) is 0 Å². The molecule has 31 heavy (non-hydrogen) atoms. The van der Waals surface area contributed by atoms with Gasteiger partial charge in [-0.2, -0.15) is 0 Å². The predicted octanol–water partition coefficient (Wildman–Crippen LogP) is 5.73. The molecule has 5 heteroatoms. The summed E-state index contributed by atoms with van der Waals surface area (Å²) in [4.78, 5) is 19.1. The van der Waals surface area contributed by atoms with Crippen LogP contribution in [-0.4, -0.2) is 28.9 Å². The Kier molecular flexibility index (Phi) is 8.05. The van der Waals surface area contributed by atoms with Gasteiger partial charge in [0.05, 0.1) is 7.11 Å². The largest absolute Gasteiger partial charge is 0.497 e. The van der Waals surface area contributed by atoms with E-state index in [0.717, 1.165) is 35.1 Å². The summed E-state index contributed by atoms with van der Waals surface area (Å²) in [5, 5.41) is 10.5. The standard InChI is InChI=1S/C26H30N2O3/c1-3-4-5-7-19-9-11-20(12-10-19)8-6-15-27-25(26(29)30)16-21-18-28-24-17-22(31-2)13-14-23(21)24/h6,9-15,17-18,28H,3-5,7-8,16H2,1-2H3,(H,29,30). The number of nitrogens with one attached hydrogen (secondary N) is 1. The van der Waals surface area contributed by atoms with Crippen LogP contribution in [0, 0.1) is 0 Å². The number of aromatic amines is 1. The second-order valence-corrected chi connectivity index (χ2v) is 7.65. The number of aromatic nitrogens is 1. The highest BCUT2D eigenvalue weighted by Gasteiger charge is 2.13. The van der Waals surface area contributed by atoms with E-state index in [1.807, 2.05) is 30.5 Å². The van der Waals surface area contributed by atoms with Gasteiger partial charge in [-0.3, -0.25) is 4.99 Å². The van der Waals surface area contributed by atoms with Crippen LogP contribution in [0.4, 0.5) is 0 Å². The maximum Gasteiger partial charge on any atom is 0.350 e. The van der Waals surface area contributed by atoms with Gasteiger partial charge in [-0.25, -0.2) is 4.79 Å². The topological polar surface area (TPSA) is 74.7 Å². The monoisotopic (exact) mass is 418 g/mol. The molecular weight excluding hydrogens is 388 g/mol. The van der Waals surface area contributed by atoms with Crippen molar-refractivity contribution < 1.29 is 14.6 Å². The lowest BCUT2D eigenvalue weighted by Crippen LogP contribution is -2.15. The number of fused-ring (bicyclic) bond motifs is 1. The van der Waals surface area contributed by atoms with Gasteiger partial charge in [0.25, 0.3) is 0 Å². The summed E-state index contributed by atoms with van der Waals surface area (Å²) < 4.78 is 5.23. The van der Waals surface area contributed by atoms with Crippen molar-refractivity contribution in [2.45, 2.75) is 45.4 Å². The first-order chi connectivity index (χ1) is 15.1. The second kappa shape index (κ2) is 11.2. The number of rotatable bonds is 11. The maximum absolute atomic E-state index is 11.7. The molecule has 0 saturated carbocycles. The molecule has 0 spiro atoms. The predicted molar refractivity (Wildman–Crippen MR) is 126 cm³/mol. The Morgan fingerprint density at radius 1 is 1.13 bits per heavy atom. The van der Waals surface area contributed by atoms with Gasteiger partial charge in [-0.15, -0.1) is 0 Å². The zero-order valence-corrected chi connectivity index (χ0v) is 18.2. The summed E-state index contributed by atoms with van der Waals surface area (Å²) in [7, 11) is 1.62. The van der Waals surface area contributed by atoms with Crippen molar-refractivity contribution in [3.8, 4) is 5.75 Å². The lowest BCUT2D eigenvalue weighted by Gasteiger charge is -2.03. The molecule has 162 valence electrons. The van der Waals surface area contributed by atoms with E-state index in [9.17, 15) is 9.90 Å². The minimum Gasteiger partial charge on any atom is -0.497 e. The van der Waals surface area contributed by atoms with Crippen LogP contribution < -0.4 is 4.74 Å². The average molecular weight is 419 g/mol. The molecule has 0 amide bonds. The van der Waals surface area contributed by atoms with Crippen molar-refractivity contribution in [1.29, 1.82) is 0 Å². The zero-order valence-electron chi connectivity index (χ0n) is 18.2. The number of aryl methyl sites for hydroxylation is 1. The SMILES string of the molecule is CCCCCc1ccc(CC=CN=C(Cc2c[nH]c3cc(OC)ccc23)C(=O)O)cc1. The first kappa shape index (κ1) is 22.3. The molecule has 1 aromatic heterocycles. The molecule has 0 aliphatic carbocycles. The molecule has 5 nitrogen and oxygen atoms in total. The van der Waals surface area contributed by atoms with E-state index < -0.39 is 5.97 Å². The number of carboxylic acid groups (broad SMARTS) is 1. The van der Waals surface area contributed by atoms with Crippen molar-refractivity contribution >= 4 is 22.6 Å². The van der Waals surface area contributed by atoms with Crippen molar-refractivity contribution in [3.63, 3.8) is 0 Å². The van der Waals surface area contributed by atoms with Crippen molar-refractivity contribution in [2.75, 3.05) is 7.11 Å². The van der Waals surface area contributed by atoms with Crippen LogP contribution in [0.1, 0.15) is 42.9 Å². The molecule has 0 saturated heterocycles. The Labute approximate surface area is 183 Å². The first-order valence-corrected chi connectivity index (χ1v) is 10.8. The molecule has 0 atom stereocenters. The van der Waals surface area contributed by atoms with Crippen molar-refractivity contribution in [2.24, 2.45) is 4.99 Å².